The molecular formula is C13H19N3O4. The average molecular weight is 281 g/mol. The number of aliphatic hydroxyl groups is 1. The van der Waals surface area contributed by atoms with Gasteiger partial charge < -0.3 is 20.0 Å². The summed E-state index contributed by atoms with van der Waals surface area (Å²) in [6.45, 7) is 0.350. The SMILES string of the molecule is CN(NCCC1OC(=O)OC1CO)Nc1ccccc1. The van der Waals surface area contributed by atoms with Crippen LogP contribution in [0.3, 0.4) is 0 Å². The van der Waals surface area contributed by atoms with E-state index in [9.17, 15) is 4.79 Å². The Hall–Kier alpha value is -1.83. The summed E-state index contributed by atoms with van der Waals surface area (Å²) in [6.07, 6.45) is -1.15. The number of aliphatic hydroxyl groups excluding tert-OH is 1. The lowest BCUT2D eigenvalue weighted by Crippen LogP contribution is -2.41. The van der Waals surface area contributed by atoms with E-state index >= 15 is 0 Å². The first-order valence-electron chi connectivity index (χ1n) is 6.46. The van der Waals surface area contributed by atoms with Crippen molar-refractivity contribution in [1.29, 1.82) is 0 Å². The molecule has 2 rings (SSSR count). The third-order valence-corrected chi connectivity index (χ3v) is 2.94. The van der Waals surface area contributed by atoms with Crippen LogP contribution in [0.5, 0.6) is 0 Å². The van der Waals surface area contributed by atoms with Gasteiger partial charge in [0, 0.05) is 20.0 Å². The van der Waals surface area contributed by atoms with Crippen LogP contribution in [0.4, 0.5) is 10.5 Å². The molecule has 1 heterocycles. The summed E-state index contributed by atoms with van der Waals surface area (Å²) in [5, 5.41) is 10.8. The number of hydrazine groups is 2. The fourth-order valence-corrected chi connectivity index (χ4v) is 1.95. The van der Waals surface area contributed by atoms with Gasteiger partial charge in [-0.2, -0.15) is 5.12 Å². The minimum Gasteiger partial charge on any atom is -0.427 e. The number of ether oxygens (including phenoxy) is 2. The zero-order valence-electron chi connectivity index (χ0n) is 11.3. The Bertz CT molecular complexity index is 429. The van der Waals surface area contributed by atoms with E-state index in [4.69, 9.17) is 14.6 Å². The molecule has 0 spiro atoms. The zero-order chi connectivity index (χ0) is 14.4. The number of benzene rings is 1. The molecule has 20 heavy (non-hydrogen) atoms. The fraction of sp³-hybridized carbons (Fsp3) is 0.462. The quantitative estimate of drug-likeness (QED) is 0.502. The normalized spacial score (nSPS) is 21.6. The van der Waals surface area contributed by atoms with E-state index in [1.165, 1.54) is 0 Å². The highest BCUT2D eigenvalue weighted by Crippen LogP contribution is 2.17. The van der Waals surface area contributed by atoms with E-state index in [2.05, 4.69) is 10.9 Å². The Morgan fingerprint density at radius 1 is 1.25 bits per heavy atom. The second-order valence-electron chi connectivity index (χ2n) is 4.48. The zero-order valence-corrected chi connectivity index (χ0v) is 11.3. The van der Waals surface area contributed by atoms with E-state index in [-0.39, 0.29) is 6.61 Å². The van der Waals surface area contributed by atoms with Crippen molar-refractivity contribution in [3.63, 3.8) is 0 Å². The number of hydrogen-bond donors (Lipinski definition) is 3. The van der Waals surface area contributed by atoms with Crippen LogP contribution in [0.25, 0.3) is 0 Å². The van der Waals surface area contributed by atoms with Gasteiger partial charge in [0.1, 0.15) is 6.10 Å². The smallest absolute Gasteiger partial charge is 0.427 e. The van der Waals surface area contributed by atoms with E-state index in [0.717, 1.165) is 5.69 Å². The van der Waals surface area contributed by atoms with Gasteiger partial charge in [-0.1, -0.05) is 18.2 Å². The molecule has 0 bridgehead atoms. The maximum atomic E-state index is 11.0. The van der Waals surface area contributed by atoms with Crippen molar-refractivity contribution in [3.05, 3.63) is 30.3 Å². The molecule has 7 nitrogen and oxygen atoms in total. The summed E-state index contributed by atoms with van der Waals surface area (Å²) in [4.78, 5) is 11.0. The minimum atomic E-state index is -0.718. The fourth-order valence-electron chi connectivity index (χ4n) is 1.95. The molecule has 0 amide bonds. The lowest BCUT2D eigenvalue weighted by Gasteiger charge is -2.21. The number of carbonyl (C=O) groups excluding carboxylic acids is 1. The topological polar surface area (TPSA) is 83.1 Å². The summed E-state index contributed by atoms with van der Waals surface area (Å²) in [7, 11) is 1.84. The molecule has 0 saturated carbocycles. The van der Waals surface area contributed by atoms with Gasteiger partial charge in [0.25, 0.3) is 0 Å². The first-order valence-corrected chi connectivity index (χ1v) is 6.46. The van der Waals surface area contributed by atoms with Crippen LogP contribution in [0, 0.1) is 0 Å². The van der Waals surface area contributed by atoms with Crippen molar-refractivity contribution in [2.75, 3.05) is 25.6 Å². The Morgan fingerprint density at radius 3 is 2.65 bits per heavy atom. The first kappa shape index (κ1) is 14.6. The molecular weight excluding hydrogens is 262 g/mol. The molecule has 1 aliphatic rings. The summed E-state index contributed by atoms with van der Waals surface area (Å²) in [5.41, 5.74) is 7.21. The van der Waals surface area contributed by atoms with Gasteiger partial charge in [0.15, 0.2) is 6.10 Å². The summed E-state index contributed by atoms with van der Waals surface area (Å²) in [6, 6.07) is 9.73. The summed E-state index contributed by atoms with van der Waals surface area (Å²) in [5.74, 6) is 0. The van der Waals surface area contributed by atoms with Gasteiger partial charge in [-0.3, -0.25) is 0 Å². The molecule has 2 atom stereocenters. The van der Waals surface area contributed by atoms with Crippen molar-refractivity contribution in [1.82, 2.24) is 10.5 Å². The number of hydrogen-bond acceptors (Lipinski definition) is 7. The van der Waals surface area contributed by atoms with Gasteiger partial charge in [0.05, 0.1) is 12.3 Å². The molecule has 1 fully saturated rings. The highest BCUT2D eigenvalue weighted by Gasteiger charge is 2.35. The molecule has 3 N–H and O–H groups in total. The van der Waals surface area contributed by atoms with Crippen molar-refractivity contribution in [2.45, 2.75) is 18.6 Å². The van der Waals surface area contributed by atoms with E-state index in [1.54, 1.807) is 5.12 Å². The van der Waals surface area contributed by atoms with Gasteiger partial charge in [-0.05, 0) is 12.1 Å². The number of cyclic esters (lactones) is 2. The highest BCUT2D eigenvalue weighted by molar-refractivity contribution is 5.62. The lowest BCUT2D eigenvalue weighted by atomic mass is 10.1. The summed E-state index contributed by atoms with van der Waals surface area (Å²) >= 11 is 0. The van der Waals surface area contributed by atoms with Crippen LogP contribution < -0.4 is 10.9 Å². The first-order chi connectivity index (χ1) is 9.69. The standard InChI is InChI=1S/C13H19N3O4/c1-16(15-10-5-3-2-4-6-10)14-8-7-11-12(9-17)20-13(18)19-11/h2-6,11-12,14-15,17H,7-9H2,1H3. The Balaban J connectivity index is 1.69. The largest absolute Gasteiger partial charge is 0.509 e. The van der Waals surface area contributed by atoms with E-state index < -0.39 is 18.4 Å². The lowest BCUT2D eigenvalue weighted by molar-refractivity contribution is 0.0775. The van der Waals surface area contributed by atoms with Crippen LogP contribution >= 0.6 is 0 Å². The minimum absolute atomic E-state index is 0.228. The molecule has 1 saturated heterocycles. The van der Waals surface area contributed by atoms with Crippen molar-refractivity contribution >= 4 is 11.8 Å². The van der Waals surface area contributed by atoms with Crippen molar-refractivity contribution < 1.29 is 19.4 Å². The molecule has 7 heteroatoms. The van der Waals surface area contributed by atoms with Crippen molar-refractivity contribution in [2.24, 2.45) is 0 Å². The number of para-hydroxylation sites is 1. The second kappa shape index (κ2) is 7.09. The molecule has 1 aliphatic heterocycles. The molecule has 110 valence electrons. The molecule has 0 aromatic heterocycles. The number of rotatable bonds is 7. The van der Waals surface area contributed by atoms with Gasteiger partial charge in [0.2, 0.25) is 0 Å². The molecule has 0 radical (unpaired) electrons. The predicted octanol–water partition coefficient (Wildman–Crippen LogP) is 0.736. The van der Waals surface area contributed by atoms with Gasteiger partial charge >= 0.3 is 6.16 Å². The van der Waals surface area contributed by atoms with Crippen molar-refractivity contribution in [3.8, 4) is 0 Å². The Kier molecular flexibility index (Phi) is 5.16. The number of nitrogens with zero attached hydrogens (tertiary/aromatic N) is 1. The highest BCUT2D eigenvalue weighted by atomic mass is 16.8. The van der Waals surface area contributed by atoms with Crippen LogP contribution in [-0.2, 0) is 9.47 Å². The molecule has 1 aromatic carbocycles. The van der Waals surface area contributed by atoms with Gasteiger partial charge in [-0.25, -0.2) is 10.2 Å². The van der Waals surface area contributed by atoms with Gasteiger partial charge in [-0.15, -0.1) is 0 Å². The van der Waals surface area contributed by atoms with E-state index in [1.807, 2.05) is 37.4 Å². The van der Waals surface area contributed by atoms with Crippen LogP contribution in [0.1, 0.15) is 6.42 Å². The van der Waals surface area contributed by atoms with Crippen LogP contribution in [-0.4, -0.2) is 48.8 Å². The third-order valence-electron chi connectivity index (χ3n) is 2.94. The number of nitrogens with one attached hydrogen (secondary N) is 2. The Labute approximate surface area is 117 Å². The van der Waals surface area contributed by atoms with Crippen LogP contribution in [0.15, 0.2) is 30.3 Å². The third kappa shape index (κ3) is 4.09. The molecule has 0 aliphatic carbocycles. The maximum Gasteiger partial charge on any atom is 0.509 e. The molecule has 2 unspecified atom stereocenters. The average Bonchev–Trinajstić information content (AvgIpc) is 2.80. The maximum absolute atomic E-state index is 11.0. The monoisotopic (exact) mass is 281 g/mol. The predicted molar refractivity (Wildman–Crippen MR) is 72.7 cm³/mol. The second-order valence-corrected chi connectivity index (χ2v) is 4.48. The number of anilines is 1. The molecule has 1 aromatic rings. The summed E-state index contributed by atoms with van der Waals surface area (Å²) < 4.78 is 9.77. The van der Waals surface area contributed by atoms with Crippen LogP contribution in [0.2, 0.25) is 0 Å². The number of carbonyl (C=O) groups is 1. The van der Waals surface area contributed by atoms with E-state index in [0.29, 0.717) is 13.0 Å². The Morgan fingerprint density at radius 2 is 1.95 bits per heavy atom.